The zero-order valence-corrected chi connectivity index (χ0v) is 10.4. The van der Waals surface area contributed by atoms with E-state index in [0.29, 0.717) is 5.56 Å². The van der Waals surface area contributed by atoms with Crippen LogP contribution in [0.15, 0.2) is 18.2 Å². The van der Waals surface area contributed by atoms with E-state index in [1.54, 1.807) is 0 Å². The molecule has 6 heteroatoms. The van der Waals surface area contributed by atoms with Crippen molar-refractivity contribution in [3.8, 4) is 0 Å². The largest absolute Gasteiger partial charge is 0.479 e. The summed E-state index contributed by atoms with van der Waals surface area (Å²) in [4.78, 5) is 21.9. The molecule has 5 nitrogen and oxygen atoms in total. The minimum absolute atomic E-state index is 0.0365. The van der Waals surface area contributed by atoms with E-state index in [2.05, 4.69) is 0 Å². The first-order chi connectivity index (χ1) is 8.38. The molecule has 0 amide bonds. The third-order valence-electron chi connectivity index (χ3n) is 2.52. The molecule has 2 unspecified atom stereocenters. The molecule has 0 spiro atoms. The second-order valence-electron chi connectivity index (χ2n) is 3.83. The van der Waals surface area contributed by atoms with Gasteiger partial charge in [0.1, 0.15) is 5.38 Å². The van der Waals surface area contributed by atoms with Crippen molar-refractivity contribution >= 4 is 23.4 Å². The molecular weight excluding hydrogens is 260 g/mol. The normalized spacial score (nSPS) is 14.0. The number of ketones is 1. The van der Waals surface area contributed by atoms with Crippen LogP contribution >= 0.6 is 11.6 Å². The lowest BCUT2D eigenvalue weighted by molar-refractivity contribution is -0.147. The molecule has 0 saturated heterocycles. The van der Waals surface area contributed by atoms with Crippen LogP contribution in [0.25, 0.3) is 0 Å². The predicted octanol–water partition coefficient (Wildman–Crippen LogP) is 1.17. The second kappa shape index (κ2) is 5.95. The molecule has 0 saturated carbocycles. The van der Waals surface area contributed by atoms with Gasteiger partial charge in [-0.2, -0.15) is 0 Å². The van der Waals surface area contributed by atoms with Crippen LogP contribution in [0.1, 0.15) is 35.1 Å². The van der Waals surface area contributed by atoms with E-state index < -0.39 is 24.1 Å². The van der Waals surface area contributed by atoms with E-state index in [-0.39, 0.29) is 16.9 Å². The standard InChI is InChI=1S/C12H13ClO5/c1-6(15)10(13)7-2-3-8(5-14)9(4-7)11(16)12(17)18/h2-4,10-11,14,16H,5H2,1H3,(H,17,18). The SMILES string of the molecule is CC(=O)C(Cl)c1ccc(CO)c(C(O)C(=O)O)c1. The van der Waals surface area contributed by atoms with Crippen LogP contribution in [-0.4, -0.2) is 27.1 Å². The maximum atomic E-state index is 11.2. The van der Waals surface area contributed by atoms with Crippen LogP contribution in [-0.2, 0) is 16.2 Å². The first kappa shape index (κ1) is 14.6. The van der Waals surface area contributed by atoms with Crippen LogP contribution in [0.3, 0.4) is 0 Å². The van der Waals surface area contributed by atoms with Crippen LogP contribution in [0.2, 0.25) is 0 Å². The van der Waals surface area contributed by atoms with Gasteiger partial charge in [0.05, 0.1) is 6.61 Å². The third-order valence-corrected chi connectivity index (χ3v) is 3.08. The summed E-state index contributed by atoms with van der Waals surface area (Å²) >= 11 is 5.85. The van der Waals surface area contributed by atoms with Gasteiger partial charge >= 0.3 is 5.97 Å². The van der Waals surface area contributed by atoms with E-state index in [4.69, 9.17) is 21.8 Å². The van der Waals surface area contributed by atoms with Gasteiger partial charge < -0.3 is 15.3 Å². The lowest BCUT2D eigenvalue weighted by atomic mass is 9.97. The number of aliphatic hydroxyl groups excluding tert-OH is 2. The molecular formula is C12H13ClO5. The molecule has 0 radical (unpaired) electrons. The molecule has 1 aromatic carbocycles. The van der Waals surface area contributed by atoms with E-state index in [1.165, 1.54) is 25.1 Å². The lowest BCUT2D eigenvalue weighted by Crippen LogP contribution is -2.14. The number of alkyl halides is 1. The Balaban J connectivity index is 3.25. The topological polar surface area (TPSA) is 94.8 Å². The fourth-order valence-corrected chi connectivity index (χ4v) is 1.67. The highest BCUT2D eigenvalue weighted by atomic mass is 35.5. The van der Waals surface area contributed by atoms with Gasteiger partial charge in [-0.15, -0.1) is 11.6 Å². The number of hydrogen-bond donors (Lipinski definition) is 3. The van der Waals surface area contributed by atoms with Crippen molar-refractivity contribution in [2.45, 2.75) is 25.0 Å². The number of halogens is 1. The summed E-state index contributed by atoms with van der Waals surface area (Å²) in [5, 5.41) is 26.5. The zero-order chi connectivity index (χ0) is 13.9. The molecule has 1 aromatic rings. The summed E-state index contributed by atoms with van der Waals surface area (Å²) in [5.41, 5.74) is 0.701. The number of carbonyl (C=O) groups excluding carboxylic acids is 1. The summed E-state index contributed by atoms with van der Waals surface area (Å²) in [5.74, 6) is -1.72. The zero-order valence-electron chi connectivity index (χ0n) is 9.63. The number of rotatable bonds is 5. The number of carboxylic acid groups (broad SMARTS) is 1. The number of carboxylic acids is 1. The quantitative estimate of drug-likeness (QED) is 0.699. The van der Waals surface area contributed by atoms with Crippen molar-refractivity contribution < 1.29 is 24.9 Å². The van der Waals surface area contributed by atoms with Crippen molar-refractivity contribution in [1.82, 2.24) is 0 Å². The Morgan fingerprint density at radius 1 is 1.39 bits per heavy atom. The Hall–Kier alpha value is -1.43. The molecule has 0 aliphatic rings. The molecule has 0 heterocycles. The highest BCUT2D eigenvalue weighted by Gasteiger charge is 2.22. The molecule has 98 valence electrons. The van der Waals surface area contributed by atoms with Crippen molar-refractivity contribution in [3.05, 3.63) is 34.9 Å². The van der Waals surface area contributed by atoms with E-state index in [1.807, 2.05) is 0 Å². The molecule has 1 rings (SSSR count). The van der Waals surface area contributed by atoms with Gasteiger partial charge in [0, 0.05) is 0 Å². The first-order valence-corrected chi connectivity index (χ1v) is 5.61. The smallest absolute Gasteiger partial charge is 0.337 e. The van der Waals surface area contributed by atoms with Crippen molar-refractivity contribution in [1.29, 1.82) is 0 Å². The monoisotopic (exact) mass is 272 g/mol. The second-order valence-corrected chi connectivity index (χ2v) is 4.27. The molecule has 0 bridgehead atoms. The predicted molar refractivity (Wildman–Crippen MR) is 64.2 cm³/mol. The fraction of sp³-hybridized carbons (Fsp3) is 0.333. The Kier molecular flexibility index (Phi) is 4.84. The number of aliphatic hydroxyl groups is 2. The third kappa shape index (κ3) is 3.07. The Morgan fingerprint density at radius 3 is 2.44 bits per heavy atom. The van der Waals surface area contributed by atoms with E-state index in [0.717, 1.165) is 0 Å². The summed E-state index contributed by atoms with van der Waals surface area (Å²) in [6.07, 6.45) is -1.76. The molecule has 18 heavy (non-hydrogen) atoms. The van der Waals surface area contributed by atoms with Gasteiger partial charge in [-0.05, 0) is 23.6 Å². The summed E-state index contributed by atoms with van der Waals surface area (Å²) < 4.78 is 0. The number of aliphatic carboxylic acids is 1. The number of hydrogen-bond acceptors (Lipinski definition) is 4. The highest BCUT2D eigenvalue weighted by molar-refractivity contribution is 6.30. The molecule has 2 atom stereocenters. The summed E-state index contributed by atoms with van der Waals surface area (Å²) in [6.45, 7) is 0.901. The van der Waals surface area contributed by atoms with Gasteiger partial charge in [0.15, 0.2) is 11.9 Å². The average molecular weight is 273 g/mol. The highest BCUT2D eigenvalue weighted by Crippen LogP contribution is 2.27. The number of carbonyl (C=O) groups is 2. The minimum atomic E-state index is -1.76. The van der Waals surface area contributed by atoms with E-state index >= 15 is 0 Å². The van der Waals surface area contributed by atoms with Crippen molar-refractivity contribution in [2.24, 2.45) is 0 Å². The first-order valence-electron chi connectivity index (χ1n) is 5.17. The van der Waals surface area contributed by atoms with Crippen LogP contribution in [0, 0.1) is 0 Å². The average Bonchev–Trinajstić information content (AvgIpc) is 2.35. The number of benzene rings is 1. The summed E-state index contributed by atoms with van der Waals surface area (Å²) in [7, 11) is 0. The summed E-state index contributed by atoms with van der Waals surface area (Å²) in [6, 6.07) is 4.28. The Morgan fingerprint density at radius 2 is 2.00 bits per heavy atom. The van der Waals surface area contributed by atoms with Crippen molar-refractivity contribution in [2.75, 3.05) is 0 Å². The molecule has 0 fully saturated rings. The van der Waals surface area contributed by atoms with Gasteiger partial charge in [0.2, 0.25) is 0 Å². The lowest BCUT2D eigenvalue weighted by Gasteiger charge is -2.14. The van der Waals surface area contributed by atoms with Crippen LogP contribution in [0.5, 0.6) is 0 Å². The van der Waals surface area contributed by atoms with Gasteiger partial charge in [-0.3, -0.25) is 4.79 Å². The molecule has 3 N–H and O–H groups in total. The van der Waals surface area contributed by atoms with Gasteiger partial charge in [-0.25, -0.2) is 4.79 Å². The molecule has 0 aliphatic heterocycles. The maximum Gasteiger partial charge on any atom is 0.337 e. The van der Waals surface area contributed by atoms with Crippen molar-refractivity contribution in [3.63, 3.8) is 0 Å². The number of Topliss-reactive ketones (excluding diaryl/α,β-unsaturated/α-hetero) is 1. The van der Waals surface area contributed by atoms with Crippen LogP contribution < -0.4 is 0 Å². The van der Waals surface area contributed by atoms with Crippen LogP contribution in [0.4, 0.5) is 0 Å². The van der Waals surface area contributed by atoms with Gasteiger partial charge in [0.25, 0.3) is 0 Å². The van der Waals surface area contributed by atoms with Gasteiger partial charge in [-0.1, -0.05) is 18.2 Å². The molecule has 0 aliphatic carbocycles. The maximum absolute atomic E-state index is 11.2. The minimum Gasteiger partial charge on any atom is -0.479 e. The Bertz CT molecular complexity index is 472. The molecule has 0 aromatic heterocycles. The Labute approximate surface area is 109 Å². The van der Waals surface area contributed by atoms with E-state index in [9.17, 15) is 14.7 Å². The fourth-order valence-electron chi connectivity index (χ4n) is 1.54.